The predicted molar refractivity (Wildman–Crippen MR) is 85.6 cm³/mol. The lowest BCUT2D eigenvalue weighted by Crippen LogP contribution is -2.26. The van der Waals surface area contributed by atoms with Crippen molar-refractivity contribution in [2.45, 2.75) is 36.7 Å². The van der Waals surface area contributed by atoms with E-state index >= 15 is 0 Å². The van der Waals surface area contributed by atoms with E-state index in [0.29, 0.717) is 19.4 Å². The Kier molecular flexibility index (Phi) is 5.12. The molecular weight excluding hydrogens is 349 g/mol. The van der Waals surface area contributed by atoms with E-state index < -0.39 is 26.6 Å². The molecule has 7 nitrogen and oxygen atoms in total. The summed E-state index contributed by atoms with van der Waals surface area (Å²) in [6, 6.07) is 5.63. The van der Waals surface area contributed by atoms with Crippen LogP contribution in [0.3, 0.4) is 0 Å². The zero-order chi connectivity index (χ0) is 17.9. The Hall–Kier alpha value is -2.29. The molecule has 2 aromatic rings. The zero-order valence-electron chi connectivity index (χ0n) is 13.4. The van der Waals surface area contributed by atoms with Crippen LogP contribution < -0.4 is 5.32 Å². The smallest absolute Gasteiger partial charge is 0.335 e. The number of carbonyl (C=O) groups is 1. The van der Waals surface area contributed by atoms with E-state index in [-0.39, 0.29) is 23.3 Å². The summed E-state index contributed by atoms with van der Waals surface area (Å²) in [6.45, 7) is 0.467. The topological polar surface area (TPSA) is 102 Å². The first-order valence-corrected chi connectivity index (χ1v) is 9.67. The van der Waals surface area contributed by atoms with Gasteiger partial charge in [-0.15, -0.1) is 5.10 Å². The van der Waals surface area contributed by atoms with Crippen molar-refractivity contribution in [2.75, 3.05) is 6.54 Å². The number of amides is 1. The number of aryl methyl sites for hydroxylation is 1. The van der Waals surface area contributed by atoms with Crippen LogP contribution in [-0.2, 0) is 26.8 Å². The maximum absolute atomic E-state index is 13.6. The van der Waals surface area contributed by atoms with Gasteiger partial charge in [-0.05, 0) is 25.3 Å². The van der Waals surface area contributed by atoms with Gasteiger partial charge in [0.25, 0.3) is 0 Å². The third-order valence-electron chi connectivity index (χ3n) is 3.83. The molecule has 1 N–H and O–H groups in total. The van der Waals surface area contributed by atoms with Crippen molar-refractivity contribution in [3.05, 3.63) is 41.5 Å². The number of sulfone groups is 1. The summed E-state index contributed by atoms with van der Waals surface area (Å²) in [4.78, 5) is 11.5. The highest BCUT2D eigenvalue weighted by Crippen LogP contribution is 2.28. The van der Waals surface area contributed by atoms with E-state index in [1.54, 1.807) is 6.07 Å². The second-order valence-electron chi connectivity index (χ2n) is 5.98. The van der Waals surface area contributed by atoms with Gasteiger partial charge < -0.3 is 9.73 Å². The molecule has 1 amide bonds. The van der Waals surface area contributed by atoms with Gasteiger partial charge in [-0.3, -0.25) is 4.79 Å². The SMILES string of the molecule is O=C(NCCCc1nnc(S(=O)(=O)Cc2ccccc2F)o1)C1CC1. The van der Waals surface area contributed by atoms with Gasteiger partial charge in [-0.2, -0.15) is 0 Å². The Bertz CT molecular complexity index is 862. The van der Waals surface area contributed by atoms with E-state index in [9.17, 15) is 17.6 Å². The van der Waals surface area contributed by atoms with Crippen molar-refractivity contribution >= 4 is 15.7 Å². The fourth-order valence-corrected chi connectivity index (χ4v) is 3.44. The van der Waals surface area contributed by atoms with Gasteiger partial charge in [-0.25, -0.2) is 12.8 Å². The molecule has 9 heteroatoms. The number of carbonyl (C=O) groups excluding carboxylic acids is 1. The molecular formula is C16H18FN3O4S. The van der Waals surface area contributed by atoms with Crippen LogP contribution in [0.5, 0.6) is 0 Å². The number of nitrogens with zero attached hydrogens (tertiary/aromatic N) is 2. The normalized spacial score (nSPS) is 14.4. The summed E-state index contributed by atoms with van der Waals surface area (Å²) in [5, 5.41) is 9.54. The van der Waals surface area contributed by atoms with Crippen molar-refractivity contribution in [3.63, 3.8) is 0 Å². The predicted octanol–water partition coefficient (Wildman–Crippen LogP) is 1.64. The van der Waals surface area contributed by atoms with Gasteiger partial charge in [0.15, 0.2) is 0 Å². The number of benzene rings is 1. The van der Waals surface area contributed by atoms with Crippen LogP contribution in [0.4, 0.5) is 4.39 Å². The Morgan fingerprint density at radius 3 is 2.76 bits per heavy atom. The van der Waals surface area contributed by atoms with Crippen molar-refractivity contribution in [1.29, 1.82) is 0 Å². The minimum absolute atomic E-state index is 0.0463. The molecule has 0 spiro atoms. The summed E-state index contributed by atoms with van der Waals surface area (Å²) >= 11 is 0. The highest BCUT2D eigenvalue weighted by atomic mass is 32.2. The molecule has 1 aromatic heterocycles. The lowest BCUT2D eigenvalue weighted by Gasteiger charge is -2.02. The zero-order valence-corrected chi connectivity index (χ0v) is 14.3. The number of nitrogens with one attached hydrogen (secondary N) is 1. The van der Waals surface area contributed by atoms with Crippen molar-refractivity contribution < 1.29 is 22.0 Å². The average Bonchev–Trinajstić information content (AvgIpc) is 3.31. The van der Waals surface area contributed by atoms with Gasteiger partial charge in [0.1, 0.15) is 5.82 Å². The Labute approximate surface area is 144 Å². The molecule has 0 saturated heterocycles. The van der Waals surface area contributed by atoms with E-state index in [4.69, 9.17) is 4.42 Å². The van der Waals surface area contributed by atoms with E-state index in [2.05, 4.69) is 15.5 Å². The molecule has 0 aliphatic heterocycles. The van der Waals surface area contributed by atoms with Gasteiger partial charge in [0.2, 0.25) is 21.6 Å². The Morgan fingerprint density at radius 1 is 1.28 bits per heavy atom. The van der Waals surface area contributed by atoms with Crippen LogP contribution in [0.25, 0.3) is 0 Å². The first-order valence-electron chi connectivity index (χ1n) is 8.02. The molecule has 0 atom stereocenters. The maximum atomic E-state index is 13.6. The Balaban J connectivity index is 1.54. The third kappa shape index (κ3) is 4.62. The summed E-state index contributed by atoms with van der Waals surface area (Å²) < 4.78 is 43.3. The number of rotatable bonds is 8. The van der Waals surface area contributed by atoms with Crippen LogP contribution >= 0.6 is 0 Å². The third-order valence-corrected chi connectivity index (χ3v) is 5.22. The highest BCUT2D eigenvalue weighted by molar-refractivity contribution is 7.90. The molecule has 0 unspecified atom stereocenters. The second kappa shape index (κ2) is 7.30. The fraction of sp³-hybridized carbons (Fsp3) is 0.438. The molecule has 25 heavy (non-hydrogen) atoms. The van der Waals surface area contributed by atoms with Crippen LogP contribution in [-0.4, -0.2) is 31.1 Å². The van der Waals surface area contributed by atoms with Gasteiger partial charge in [0.05, 0.1) is 5.75 Å². The van der Waals surface area contributed by atoms with Crippen molar-refractivity contribution in [2.24, 2.45) is 5.92 Å². The van der Waals surface area contributed by atoms with Gasteiger partial charge >= 0.3 is 5.22 Å². The van der Waals surface area contributed by atoms with Crippen LogP contribution in [0.15, 0.2) is 33.9 Å². The summed E-state index contributed by atoms with van der Waals surface area (Å²) in [7, 11) is -3.91. The summed E-state index contributed by atoms with van der Waals surface area (Å²) in [5.74, 6) is -0.763. The lowest BCUT2D eigenvalue weighted by molar-refractivity contribution is -0.122. The minimum Gasteiger partial charge on any atom is -0.413 e. The van der Waals surface area contributed by atoms with E-state index in [1.165, 1.54) is 18.2 Å². The first-order chi connectivity index (χ1) is 12.0. The molecule has 0 radical (unpaired) electrons. The molecule has 0 bridgehead atoms. The molecule has 1 heterocycles. The van der Waals surface area contributed by atoms with Crippen LogP contribution in [0.1, 0.15) is 30.7 Å². The number of aromatic nitrogens is 2. The maximum Gasteiger partial charge on any atom is 0.335 e. The van der Waals surface area contributed by atoms with Gasteiger partial charge in [0, 0.05) is 24.4 Å². The number of hydrogen-bond acceptors (Lipinski definition) is 6. The van der Waals surface area contributed by atoms with Crippen molar-refractivity contribution in [1.82, 2.24) is 15.5 Å². The summed E-state index contributed by atoms with van der Waals surface area (Å²) in [6.07, 6.45) is 2.80. The Morgan fingerprint density at radius 2 is 2.04 bits per heavy atom. The standard InChI is InChI=1S/C16H18FN3O4S/c17-13-5-2-1-4-12(13)10-25(22,23)16-20-19-14(24-16)6-3-9-18-15(21)11-7-8-11/h1-2,4-5,11H,3,6-10H2,(H,18,21). The largest absolute Gasteiger partial charge is 0.413 e. The molecule has 134 valence electrons. The molecule has 3 rings (SSSR count). The second-order valence-corrected chi connectivity index (χ2v) is 7.85. The molecule has 1 aliphatic rings. The number of halogens is 1. The molecule has 1 fully saturated rings. The van der Waals surface area contributed by atoms with Crippen LogP contribution in [0, 0.1) is 11.7 Å². The monoisotopic (exact) mass is 367 g/mol. The minimum atomic E-state index is -3.91. The lowest BCUT2D eigenvalue weighted by atomic mass is 10.2. The highest BCUT2D eigenvalue weighted by Gasteiger charge is 2.29. The first kappa shape index (κ1) is 17.5. The van der Waals surface area contributed by atoms with E-state index in [0.717, 1.165) is 12.8 Å². The molecule has 1 saturated carbocycles. The fourth-order valence-electron chi connectivity index (χ4n) is 2.29. The molecule has 1 aromatic carbocycles. The van der Waals surface area contributed by atoms with Crippen LogP contribution in [0.2, 0.25) is 0 Å². The summed E-state index contributed by atoms with van der Waals surface area (Å²) in [5.41, 5.74) is 0.0463. The van der Waals surface area contributed by atoms with Gasteiger partial charge in [-0.1, -0.05) is 23.3 Å². The quantitative estimate of drug-likeness (QED) is 0.712. The molecule has 1 aliphatic carbocycles. The number of hydrogen-bond donors (Lipinski definition) is 1. The average molecular weight is 367 g/mol. The van der Waals surface area contributed by atoms with Crippen molar-refractivity contribution in [3.8, 4) is 0 Å². The van der Waals surface area contributed by atoms with E-state index in [1.807, 2.05) is 0 Å².